The zero-order chi connectivity index (χ0) is 9.52. The molecule has 0 aliphatic carbocycles. The van der Waals surface area contributed by atoms with Crippen molar-refractivity contribution in [2.45, 2.75) is 6.42 Å². The maximum Gasteiger partial charge on any atom is 0.0502 e. The van der Waals surface area contributed by atoms with Gasteiger partial charge in [-0.15, -0.1) is 5.73 Å². The van der Waals surface area contributed by atoms with E-state index in [9.17, 15) is 0 Å². The summed E-state index contributed by atoms with van der Waals surface area (Å²) in [5.74, 6) is 0. The van der Waals surface area contributed by atoms with E-state index >= 15 is 0 Å². The maximum atomic E-state index is 5.03. The van der Waals surface area contributed by atoms with Gasteiger partial charge in [-0.05, 0) is 23.6 Å². The molecular formula is C12H14O. The molecule has 0 bridgehead atoms. The molecule has 0 fully saturated rings. The van der Waals surface area contributed by atoms with Crippen LogP contribution in [0.15, 0.2) is 36.6 Å². The van der Waals surface area contributed by atoms with Gasteiger partial charge in [-0.25, -0.2) is 0 Å². The van der Waals surface area contributed by atoms with Gasteiger partial charge in [-0.1, -0.05) is 30.8 Å². The zero-order valence-corrected chi connectivity index (χ0v) is 7.92. The van der Waals surface area contributed by atoms with E-state index in [4.69, 9.17) is 4.74 Å². The van der Waals surface area contributed by atoms with E-state index in [0.29, 0.717) is 0 Å². The fourth-order valence-electron chi connectivity index (χ4n) is 1.22. The Labute approximate surface area is 79.4 Å². The first kappa shape index (κ1) is 9.79. The van der Waals surface area contributed by atoms with E-state index in [-0.39, 0.29) is 0 Å². The van der Waals surface area contributed by atoms with Gasteiger partial charge in [0.1, 0.15) is 0 Å². The lowest BCUT2D eigenvalue weighted by Gasteiger charge is -2.03. The van der Waals surface area contributed by atoms with Gasteiger partial charge in [0.2, 0.25) is 0 Å². The Morgan fingerprint density at radius 3 is 2.92 bits per heavy atom. The third kappa shape index (κ3) is 2.90. The van der Waals surface area contributed by atoms with Crippen LogP contribution in [0.5, 0.6) is 0 Å². The van der Waals surface area contributed by atoms with Crippen LogP contribution in [0.3, 0.4) is 0 Å². The summed E-state index contributed by atoms with van der Waals surface area (Å²) in [6, 6.07) is 8.20. The molecule has 0 aromatic heterocycles. The molecule has 1 rings (SSSR count). The smallest absolute Gasteiger partial charge is 0.0502 e. The van der Waals surface area contributed by atoms with Crippen molar-refractivity contribution in [2.24, 2.45) is 0 Å². The lowest BCUT2D eigenvalue weighted by Crippen LogP contribution is -1.96. The van der Waals surface area contributed by atoms with E-state index in [1.165, 1.54) is 11.1 Å². The summed E-state index contributed by atoms with van der Waals surface area (Å²) < 4.78 is 5.03. The molecule has 0 heterocycles. The molecule has 1 aromatic rings. The highest BCUT2D eigenvalue weighted by molar-refractivity contribution is 5.52. The van der Waals surface area contributed by atoms with Gasteiger partial charge >= 0.3 is 0 Å². The van der Waals surface area contributed by atoms with Gasteiger partial charge in [0.15, 0.2) is 0 Å². The number of hydrogen-bond acceptors (Lipinski definition) is 1. The van der Waals surface area contributed by atoms with Crippen LogP contribution < -0.4 is 0 Å². The quantitative estimate of drug-likeness (QED) is 0.638. The SMILES string of the molecule is C=C=Cc1ccccc1CCOC. The van der Waals surface area contributed by atoms with Crippen molar-refractivity contribution >= 4 is 6.08 Å². The molecule has 1 heteroatoms. The highest BCUT2D eigenvalue weighted by Crippen LogP contribution is 2.10. The van der Waals surface area contributed by atoms with Crippen LogP contribution in [0.4, 0.5) is 0 Å². The van der Waals surface area contributed by atoms with Gasteiger partial charge in [0, 0.05) is 7.11 Å². The van der Waals surface area contributed by atoms with Crippen molar-refractivity contribution in [2.75, 3.05) is 13.7 Å². The Bertz CT molecular complexity index is 309. The summed E-state index contributed by atoms with van der Waals surface area (Å²) in [4.78, 5) is 0. The minimum atomic E-state index is 0.752. The fraction of sp³-hybridized carbons (Fsp3) is 0.250. The molecule has 68 valence electrons. The van der Waals surface area contributed by atoms with Gasteiger partial charge in [-0.3, -0.25) is 0 Å². The zero-order valence-electron chi connectivity index (χ0n) is 7.92. The summed E-state index contributed by atoms with van der Waals surface area (Å²) in [6.45, 7) is 4.32. The molecule has 0 atom stereocenters. The summed E-state index contributed by atoms with van der Waals surface area (Å²) in [5.41, 5.74) is 5.24. The Balaban J connectivity index is 2.84. The second-order valence-electron chi connectivity index (χ2n) is 2.79. The third-order valence-electron chi connectivity index (χ3n) is 1.89. The minimum absolute atomic E-state index is 0.752. The largest absolute Gasteiger partial charge is 0.384 e. The monoisotopic (exact) mass is 174 g/mol. The second-order valence-corrected chi connectivity index (χ2v) is 2.79. The number of hydrogen-bond donors (Lipinski definition) is 0. The van der Waals surface area contributed by atoms with E-state index in [1.807, 2.05) is 18.2 Å². The standard InChI is InChI=1S/C12H14O/c1-3-6-11-7-4-5-8-12(11)9-10-13-2/h4-8H,1,9-10H2,2H3. The van der Waals surface area contributed by atoms with E-state index in [2.05, 4.69) is 24.4 Å². The number of benzene rings is 1. The summed E-state index contributed by atoms with van der Waals surface area (Å²) in [7, 11) is 1.71. The lowest BCUT2D eigenvalue weighted by atomic mass is 10.1. The Morgan fingerprint density at radius 1 is 1.46 bits per heavy atom. The molecule has 0 unspecified atom stereocenters. The van der Waals surface area contributed by atoms with Crippen molar-refractivity contribution in [3.05, 3.63) is 47.7 Å². The van der Waals surface area contributed by atoms with Crippen LogP contribution in [-0.4, -0.2) is 13.7 Å². The molecule has 0 amide bonds. The molecular weight excluding hydrogens is 160 g/mol. The summed E-state index contributed by atoms with van der Waals surface area (Å²) in [5, 5.41) is 0. The Hall–Kier alpha value is -1.30. The number of methoxy groups -OCH3 is 1. The number of ether oxygens (including phenoxy) is 1. The highest BCUT2D eigenvalue weighted by Gasteiger charge is 1.96. The topological polar surface area (TPSA) is 9.23 Å². The van der Waals surface area contributed by atoms with Crippen molar-refractivity contribution < 1.29 is 4.74 Å². The molecule has 0 radical (unpaired) electrons. The average Bonchev–Trinajstić information content (AvgIpc) is 2.17. The summed E-state index contributed by atoms with van der Waals surface area (Å²) >= 11 is 0. The van der Waals surface area contributed by atoms with Gasteiger partial charge in [0.25, 0.3) is 0 Å². The first-order chi connectivity index (χ1) is 6.38. The highest BCUT2D eigenvalue weighted by atomic mass is 16.5. The van der Waals surface area contributed by atoms with Crippen LogP contribution >= 0.6 is 0 Å². The molecule has 0 saturated carbocycles. The Morgan fingerprint density at radius 2 is 2.23 bits per heavy atom. The van der Waals surface area contributed by atoms with Crippen molar-refractivity contribution in [3.8, 4) is 0 Å². The summed E-state index contributed by atoms with van der Waals surface area (Å²) in [6.07, 6.45) is 2.83. The molecule has 0 spiro atoms. The average molecular weight is 174 g/mol. The van der Waals surface area contributed by atoms with E-state index in [0.717, 1.165) is 13.0 Å². The predicted octanol–water partition coefficient (Wildman–Crippen LogP) is 2.67. The normalized spacial score (nSPS) is 9.31. The first-order valence-corrected chi connectivity index (χ1v) is 4.31. The van der Waals surface area contributed by atoms with E-state index < -0.39 is 0 Å². The van der Waals surface area contributed by atoms with Crippen molar-refractivity contribution in [3.63, 3.8) is 0 Å². The van der Waals surface area contributed by atoms with Gasteiger partial charge in [0.05, 0.1) is 6.61 Å². The molecule has 1 nitrogen and oxygen atoms in total. The van der Waals surface area contributed by atoms with Gasteiger partial charge in [-0.2, -0.15) is 0 Å². The Kier molecular flexibility index (Phi) is 4.04. The second kappa shape index (κ2) is 5.36. The van der Waals surface area contributed by atoms with Crippen LogP contribution in [0.2, 0.25) is 0 Å². The molecule has 0 aliphatic heterocycles. The van der Waals surface area contributed by atoms with Crippen LogP contribution in [-0.2, 0) is 11.2 Å². The fourth-order valence-corrected chi connectivity index (χ4v) is 1.22. The lowest BCUT2D eigenvalue weighted by molar-refractivity contribution is 0.202. The number of rotatable bonds is 4. The predicted molar refractivity (Wildman–Crippen MR) is 55.6 cm³/mol. The van der Waals surface area contributed by atoms with Gasteiger partial charge < -0.3 is 4.74 Å². The van der Waals surface area contributed by atoms with Crippen LogP contribution in [0, 0.1) is 0 Å². The van der Waals surface area contributed by atoms with Crippen molar-refractivity contribution in [1.29, 1.82) is 0 Å². The first-order valence-electron chi connectivity index (χ1n) is 4.31. The van der Waals surface area contributed by atoms with Crippen molar-refractivity contribution in [1.82, 2.24) is 0 Å². The minimum Gasteiger partial charge on any atom is -0.384 e. The molecule has 1 aromatic carbocycles. The molecule has 0 aliphatic rings. The van der Waals surface area contributed by atoms with E-state index in [1.54, 1.807) is 7.11 Å². The molecule has 0 N–H and O–H groups in total. The molecule has 13 heavy (non-hydrogen) atoms. The van der Waals surface area contributed by atoms with Crippen LogP contribution in [0.25, 0.3) is 6.08 Å². The maximum absolute atomic E-state index is 5.03. The molecule has 0 saturated heterocycles. The van der Waals surface area contributed by atoms with Crippen LogP contribution in [0.1, 0.15) is 11.1 Å². The third-order valence-corrected chi connectivity index (χ3v) is 1.89.